The van der Waals surface area contributed by atoms with E-state index in [1.165, 1.54) is 12.8 Å². The number of benzene rings is 1. The van der Waals surface area contributed by atoms with Gasteiger partial charge < -0.3 is 20.2 Å². The molecule has 39 heavy (non-hydrogen) atoms. The van der Waals surface area contributed by atoms with Gasteiger partial charge in [-0.05, 0) is 82.5 Å². The van der Waals surface area contributed by atoms with Crippen molar-refractivity contribution in [2.75, 3.05) is 36.4 Å². The van der Waals surface area contributed by atoms with Crippen molar-refractivity contribution in [1.29, 1.82) is 0 Å². The van der Waals surface area contributed by atoms with Crippen LogP contribution in [-0.4, -0.2) is 58.2 Å². The van der Waals surface area contributed by atoms with Gasteiger partial charge in [0.15, 0.2) is 5.82 Å². The maximum Gasteiger partial charge on any atom is 0.309 e. The molecule has 2 atom stereocenters. The van der Waals surface area contributed by atoms with Crippen LogP contribution in [0.25, 0.3) is 0 Å². The Kier molecular flexibility index (Phi) is 9.57. The number of hydrogen-bond donors (Lipinski definition) is 2. The molecule has 1 aromatic heterocycles. The predicted molar refractivity (Wildman–Crippen MR) is 160 cm³/mol. The number of rotatable bonds is 7. The van der Waals surface area contributed by atoms with Gasteiger partial charge in [-0.2, -0.15) is 4.98 Å². The highest BCUT2D eigenvalue weighted by atomic mass is 35.5. The molecule has 1 unspecified atom stereocenters. The van der Waals surface area contributed by atoms with E-state index in [4.69, 9.17) is 39.8 Å². The summed E-state index contributed by atoms with van der Waals surface area (Å²) in [5, 5.41) is 14.6. The van der Waals surface area contributed by atoms with Gasteiger partial charge in [-0.1, -0.05) is 54.7 Å². The number of aryl methyl sites for hydroxylation is 1. The first-order chi connectivity index (χ1) is 18.5. The van der Waals surface area contributed by atoms with Crippen molar-refractivity contribution in [2.45, 2.75) is 72.4 Å². The van der Waals surface area contributed by atoms with Crippen LogP contribution < -0.4 is 10.2 Å². The number of carboxylic acid groups (broad SMARTS) is 1. The number of anilines is 2. The Bertz CT molecular complexity index is 1180. The summed E-state index contributed by atoms with van der Waals surface area (Å²) in [6, 6.07) is 5.76. The SMILES string of the molecule is CC.Cc1nc(N2CC(C3CCCN(C4CC(C)(C(=O)O)C4)C3)C2)nc(N[C@H](C)c2ccc(Cl)cc2Cl)c1Cl. The van der Waals surface area contributed by atoms with Gasteiger partial charge in [0.05, 0.1) is 17.2 Å². The first-order valence-electron chi connectivity index (χ1n) is 14.0. The number of nitrogens with one attached hydrogen (secondary N) is 1. The Labute approximate surface area is 247 Å². The van der Waals surface area contributed by atoms with Crippen molar-refractivity contribution >= 4 is 52.5 Å². The van der Waals surface area contributed by atoms with Crippen LogP contribution >= 0.6 is 34.8 Å². The molecule has 0 radical (unpaired) electrons. The second-order valence-corrected chi connectivity index (χ2v) is 12.5. The molecule has 5 rings (SSSR count). The summed E-state index contributed by atoms with van der Waals surface area (Å²) in [5.41, 5.74) is 1.11. The van der Waals surface area contributed by atoms with Gasteiger partial charge in [0.25, 0.3) is 0 Å². The lowest BCUT2D eigenvalue weighted by Crippen LogP contribution is -2.58. The molecule has 0 bridgehead atoms. The average molecular weight is 597 g/mol. The average Bonchev–Trinajstić information content (AvgIpc) is 2.85. The fourth-order valence-electron chi connectivity index (χ4n) is 6.06. The van der Waals surface area contributed by atoms with Gasteiger partial charge in [-0.15, -0.1) is 0 Å². The van der Waals surface area contributed by atoms with Crippen molar-refractivity contribution in [1.82, 2.24) is 14.9 Å². The lowest BCUT2D eigenvalue weighted by molar-refractivity contribution is -0.158. The Morgan fingerprint density at radius 2 is 1.82 bits per heavy atom. The Balaban J connectivity index is 0.00000172. The standard InChI is InChI=1S/C27H34Cl3N5O2.C2H6/c1-15(21-7-6-19(28)9-22(21)29)31-24-23(30)16(2)32-26(33-24)35-13-18(14-35)17-5-4-8-34(12-17)20-10-27(3,11-20)25(36)37;1-2/h6-7,9,15,17-18,20H,4-5,8,10-14H2,1-3H3,(H,36,37)(H,31,32,33);1-2H3/t15-,17?,20?,27?;/m1./s1. The van der Waals surface area contributed by atoms with Crippen molar-refractivity contribution in [3.63, 3.8) is 0 Å². The molecule has 3 heterocycles. The Morgan fingerprint density at radius 3 is 2.46 bits per heavy atom. The van der Waals surface area contributed by atoms with Crippen LogP contribution in [-0.2, 0) is 4.79 Å². The van der Waals surface area contributed by atoms with Gasteiger partial charge in [-0.25, -0.2) is 4.98 Å². The fraction of sp³-hybridized carbons (Fsp3) is 0.621. The molecule has 1 aliphatic carbocycles. The summed E-state index contributed by atoms with van der Waals surface area (Å²) in [7, 11) is 0. The third-order valence-electron chi connectivity index (χ3n) is 8.54. The maximum absolute atomic E-state index is 11.5. The van der Waals surface area contributed by atoms with Crippen LogP contribution in [0.2, 0.25) is 15.1 Å². The molecule has 7 nitrogen and oxygen atoms in total. The Hall–Kier alpha value is -1.80. The van der Waals surface area contributed by atoms with E-state index in [1.807, 2.05) is 46.8 Å². The molecule has 2 saturated heterocycles. The number of likely N-dealkylation sites (tertiary alicyclic amines) is 1. The molecule has 0 amide bonds. The van der Waals surface area contributed by atoms with Crippen LogP contribution in [0.5, 0.6) is 0 Å². The largest absolute Gasteiger partial charge is 0.481 e. The molecule has 3 fully saturated rings. The first-order valence-corrected chi connectivity index (χ1v) is 15.2. The molecule has 2 aliphatic heterocycles. The van der Waals surface area contributed by atoms with Gasteiger partial charge in [0, 0.05) is 35.7 Å². The van der Waals surface area contributed by atoms with Crippen molar-refractivity contribution in [3.05, 3.63) is 44.5 Å². The molecule has 0 spiro atoms. The number of piperidine rings is 1. The van der Waals surface area contributed by atoms with Crippen LogP contribution in [0.1, 0.15) is 70.7 Å². The Morgan fingerprint density at radius 1 is 1.13 bits per heavy atom. The summed E-state index contributed by atoms with van der Waals surface area (Å²) >= 11 is 19.0. The molecule has 10 heteroatoms. The second-order valence-electron chi connectivity index (χ2n) is 11.3. The summed E-state index contributed by atoms with van der Waals surface area (Å²) < 4.78 is 0. The van der Waals surface area contributed by atoms with E-state index in [2.05, 4.69) is 20.1 Å². The summed E-state index contributed by atoms with van der Waals surface area (Å²) in [5.74, 6) is 1.85. The number of aromatic nitrogens is 2. The van der Waals surface area contributed by atoms with E-state index in [9.17, 15) is 9.90 Å². The van der Waals surface area contributed by atoms with Crippen LogP contribution in [0.3, 0.4) is 0 Å². The van der Waals surface area contributed by atoms with E-state index in [0.717, 1.165) is 50.3 Å². The summed E-state index contributed by atoms with van der Waals surface area (Å²) in [6.07, 6.45) is 3.93. The van der Waals surface area contributed by atoms with Gasteiger partial charge in [0.2, 0.25) is 5.95 Å². The summed E-state index contributed by atoms with van der Waals surface area (Å²) in [4.78, 5) is 25.7. The molecule has 2 N–H and O–H groups in total. The third kappa shape index (κ3) is 6.42. The van der Waals surface area contributed by atoms with E-state index >= 15 is 0 Å². The zero-order valence-electron chi connectivity index (χ0n) is 23.5. The minimum atomic E-state index is -0.662. The van der Waals surface area contributed by atoms with Gasteiger partial charge in [-0.3, -0.25) is 4.79 Å². The number of hydrogen-bond acceptors (Lipinski definition) is 6. The molecule has 1 saturated carbocycles. The third-order valence-corrected chi connectivity index (χ3v) is 9.56. The smallest absolute Gasteiger partial charge is 0.309 e. The van der Waals surface area contributed by atoms with Gasteiger partial charge in [0.1, 0.15) is 5.02 Å². The molecular formula is C29H40Cl3N5O2. The highest BCUT2D eigenvalue weighted by Gasteiger charge is 2.49. The zero-order valence-corrected chi connectivity index (χ0v) is 25.7. The molecule has 1 aromatic carbocycles. The molecule has 2 aromatic rings. The number of aliphatic carboxylic acids is 1. The lowest BCUT2D eigenvalue weighted by Gasteiger charge is -2.52. The van der Waals surface area contributed by atoms with E-state index in [1.54, 1.807) is 6.07 Å². The molecule has 3 aliphatic rings. The van der Waals surface area contributed by atoms with E-state index < -0.39 is 11.4 Å². The zero-order chi connectivity index (χ0) is 28.5. The second kappa shape index (κ2) is 12.4. The normalized spacial score (nSPS) is 26.1. The van der Waals surface area contributed by atoms with Crippen LogP contribution in [0.4, 0.5) is 11.8 Å². The maximum atomic E-state index is 11.5. The number of carbonyl (C=O) groups is 1. The van der Waals surface area contributed by atoms with Crippen molar-refractivity contribution in [3.8, 4) is 0 Å². The van der Waals surface area contributed by atoms with Crippen LogP contribution in [0, 0.1) is 24.2 Å². The topological polar surface area (TPSA) is 81.6 Å². The number of nitrogens with zero attached hydrogens (tertiary/aromatic N) is 4. The monoisotopic (exact) mass is 595 g/mol. The quantitative estimate of drug-likeness (QED) is 0.346. The van der Waals surface area contributed by atoms with E-state index in [0.29, 0.717) is 44.7 Å². The van der Waals surface area contributed by atoms with Crippen molar-refractivity contribution < 1.29 is 9.90 Å². The molecule has 214 valence electrons. The van der Waals surface area contributed by atoms with Crippen molar-refractivity contribution in [2.24, 2.45) is 17.3 Å². The lowest BCUT2D eigenvalue weighted by atomic mass is 9.65. The molecular weight excluding hydrogens is 557 g/mol. The van der Waals surface area contributed by atoms with E-state index in [-0.39, 0.29) is 6.04 Å². The minimum absolute atomic E-state index is 0.115. The fourth-order valence-corrected chi connectivity index (χ4v) is 6.77. The van der Waals surface area contributed by atoms with Crippen LogP contribution in [0.15, 0.2) is 18.2 Å². The summed E-state index contributed by atoms with van der Waals surface area (Å²) in [6.45, 7) is 13.8. The first kappa shape index (κ1) is 30.2. The predicted octanol–water partition coefficient (Wildman–Crippen LogP) is 7.35. The highest BCUT2D eigenvalue weighted by molar-refractivity contribution is 6.35. The number of halogens is 3. The minimum Gasteiger partial charge on any atom is -0.481 e. The number of carboxylic acids is 1. The van der Waals surface area contributed by atoms with Gasteiger partial charge >= 0.3 is 5.97 Å². The highest BCUT2D eigenvalue weighted by Crippen LogP contribution is 2.45.